The lowest BCUT2D eigenvalue weighted by atomic mass is 10.1. The van der Waals surface area contributed by atoms with Crippen LogP contribution in [0.3, 0.4) is 0 Å². The van der Waals surface area contributed by atoms with Crippen molar-refractivity contribution in [1.82, 2.24) is 0 Å². The average Bonchev–Trinajstić information content (AvgIpc) is 1.31. The Hall–Kier alpha value is -0.570. The summed E-state index contributed by atoms with van der Waals surface area (Å²) in [5, 5.41) is 9.78. The van der Waals surface area contributed by atoms with E-state index in [0.717, 1.165) is 0 Å². The zero-order valence-electron chi connectivity index (χ0n) is 4.39. The summed E-state index contributed by atoms with van der Waals surface area (Å²) in [4.78, 5) is 9.78. The van der Waals surface area contributed by atoms with Gasteiger partial charge in [0.05, 0.1) is 0 Å². The van der Waals surface area contributed by atoms with E-state index in [1.54, 1.807) is 0 Å². The van der Waals surface area contributed by atoms with E-state index in [-0.39, 0.29) is 0 Å². The smallest absolute Gasteiger partial charge is 0.316 e. The first-order valence-electron chi connectivity index (χ1n) is 1.95. The molecule has 0 aliphatic rings. The van der Waals surface area contributed by atoms with Crippen LogP contribution in [0.4, 0.5) is 0 Å². The molecule has 2 N–H and O–H groups in total. The molecule has 3 nitrogen and oxygen atoms in total. The topological polar surface area (TPSA) is 63.0 Å². The van der Waals surface area contributed by atoms with Crippen LogP contribution in [0.2, 0.25) is 0 Å². The van der Waals surface area contributed by atoms with Gasteiger partial charge in [-0.05, 0) is 13.8 Å². The number of carbonyl (C=O) groups is 1. The highest BCUT2D eigenvalue weighted by atomic mass is 16.4. The van der Waals surface area contributed by atoms with Gasteiger partial charge in [-0.3, -0.25) is 0 Å². The van der Waals surface area contributed by atoms with Gasteiger partial charge in [0.25, 0.3) is 0 Å². The van der Waals surface area contributed by atoms with E-state index >= 15 is 0 Å². The molecule has 0 atom stereocenters. The minimum absolute atomic E-state index is 1.19. The highest BCUT2D eigenvalue weighted by Crippen LogP contribution is 1.93. The maximum absolute atomic E-state index is 9.78. The number of hydrogen-bond donors (Lipinski definition) is 1. The summed E-state index contributed by atoms with van der Waals surface area (Å²) >= 11 is 0. The van der Waals surface area contributed by atoms with Crippen molar-refractivity contribution < 1.29 is 9.90 Å². The first-order valence-corrected chi connectivity index (χ1v) is 1.95. The fraction of sp³-hybridized carbons (Fsp3) is 0.750. The average molecular weight is 102 g/mol. The third kappa shape index (κ3) is 2.17. The van der Waals surface area contributed by atoms with E-state index in [1.165, 1.54) is 13.8 Å². The van der Waals surface area contributed by atoms with E-state index < -0.39 is 11.5 Å². The Morgan fingerprint density at radius 3 is 1.71 bits per heavy atom. The molecule has 7 heavy (non-hydrogen) atoms. The zero-order chi connectivity index (χ0) is 6.08. The molecule has 0 heterocycles. The lowest BCUT2D eigenvalue weighted by Crippen LogP contribution is -2.40. The Balaban J connectivity index is 3.79. The van der Waals surface area contributed by atoms with Crippen LogP contribution in [0.1, 0.15) is 13.8 Å². The lowest BCUT2D eigenvalue weighted by molar-refractivity contribution is -0.148. The van der Waals surface area contributed by atoms with Gasteiger partial charge in [0.1, 0.15) is 5.54 Å². The number of nitrogens with two attached hydrogens (primary N) is 1. The Morgan fingerprint density at radius 2 is 1.71 bits per heavy atom. The van der Waals surface area contributed by atoms with Crippen LogP contribution in [-0.4, -0.2) is 11.5 Å². The van der Waals surface area contributed by atoms with Gasteiger partial charge in [0.2, 0.25) is 0 Å². The third-order valence-electron chi connectivity index (χ3n) is 0.526. The highest BCUT2D eigenvalue weighted by Gasteiger charge is 2.21. The van der Waals surface area contributed by atoms with E-state index in [2.05, 4.69) is 0 Å². The quantitative estimate of drug-likeness (QED) is 0.493. The van der Waals surface area contributed by atoms with Crippen molar-refractivity contribution in [2.45, 2.75) is 19.4 Å². The molecule has 41 valence electrons. The van der Waals surface area contributed by atoms with Gasteiger partial charge in [-0.2, -0.15) is 0 Å². The first kappa shape index (κ1) is 6.43. The van der Waals surface area contributed by atoms with Gasteiger partial charge in [-0.15, -0.1) is 0 Å². The molecule has 0 aromatic rings. The van der Waals surface area contributed by atoms with Crippen LogP contribution in [0.15, 0.2) is 0 Å². The summed E-state index contributed by atoms with van der Waals surface area (Å²) in [5.74, 6) is -1.23. The molecule has 0 saturated carbocycles. The molecule has 0 amide bonds. The van der Waals surface area contributed by atoms with Gasteiger partial charge in [-0.25, -0.2) is 9.90 Å². The molecule has 0 aliphatic heterocycles. The molecule has 0 unspecified atom stereocenters. The minimum Gasteiger partial charge on any atom is -0.316 e. The van der Waals surface area contributed by atoms with Crippen molar-refractivity contribution in [3.8, 4) is 0 Å². The van der Waals surface area contributed by atoms with Gasteiger partial charge in [-0.1, -0.05) is 0 Å². The fourth-order valence-electron chi connectivity index (χ4n) is 0. The van der Waals surface area contributed by atoms with E-state index in [0.29, 0.717) is 0 Å². The fourth-order valence-corrected chi connectivity index (χ4v) is 0. The minimum atomic E-state index is -1.23. The zero-order valence-corrected chi connectivity index (χ0v) is 4.39. The summed E-state index contributed by atoms with van der Waals surface area (Å²) in [6, 6.07) is 0. The molecule has 1 radical (unpaired) electrons. The Kier molecular flexibility index (Phi) is 1.38. The number of hydrogen-bond acceptors (Lipinski definition) is 2. The molecule has 0 aromatic heterocycles. The summed E-state index contributed by atoms with van der Waals surface area (Å²) < 4.78 is 0. The van der Waals surface area contributed by atoms with Crippen LogP contribution in [0, 0.1) is 0 Å². The second-order valence-corrected chi connectivity index (χ2v) is 2.01. The van der Waals surface area contributed by atoms with Crippen molar-refractivity contribution in [3.05, 3.63) is 0 Å². The molecule has 0 fully saturated rings. The Labute approximate surface area is 42.1 Å². The molecule has 0 aliphatic carbocycles. The van der Waals surface area contributed by atoms with Crippen molar-refractivity contribution >= 4 is 5.97 Å². The van der Waals surface area contributed by atoms with E-state index in [1.807, 2.05) is 0 Å². The predicted octanol–water partition coefficient (Wildman–Crippen LogP) is -0.319. The molecule has 3 heteroatoms. The van der Waals surface area contributed by atoms with E-state index in [9.17, 15) is 9.90 Å². The second kappa shape index (κ2) is 1.50. The van der Waals surface area contributed by atoms with Gasteiger partial charge < -0.3 is 5.73 Å². The second-order valence-electron chi connectivity index (χ2n) is 2.01. The van der Waals surface area contributed by atoms with Crippen molar-refractivity contribution in [2.75, 3.05) is 0 Å². The van der Waals surface area contributed by atoms with Crippen molar-refractivity contribution in [2.24, 2.45) is 5.73 Å². The van der Waals surface area contributed by atoms with Crippen molar-refractivity contribution in [3.63, 3.8) is 0 Å². The monoisotopic (exact) mass is 102 g/mol. The lowest BCUT2D eigenvalue weighted by Gasteiger charge is -2.06. The van der Waals surface area contributed by atoms with Crippen LogP contribution in [-0.2, 0) is 9.90 Å². The molecular formula is C4H8NO2. The van der Waals surface area contributed by atoms with Crippen LogP contribution in [0.5, 0.6) is 0 Å². The standard InChI is InChI=1S/C4H8NO2/c1-4(2,5)3(6)7/h5H2,1-2H3. The first-order chi connectivity index (χ1) is 2.94. The molecular weight excluding hydrogens is 94.0 g/mol. The van der Waals surface area contributed by atoms with Gasteiger partial charge in [0.15, 0.2) is 0 Å². The maximum Gasteiger partial charge on any atom is 0.374 e. The van der Waals surface area contributed by atoms with Crippen LogP contribution in [0.25, 0.3) is 0 Å². The summed E-state index contributed by atoms with van der Waals surface area (Å²) in [6.07, 6.45) is 0. The van der Waals surface area contributed by atoms with Gasteiger partial charge >= 0.3 is 5.97 Å². The number of carbonyl (C=O) groups excluding carboxylic acids is 1. The highest BCUT2D eigenvalue weighted by molar-refractivity contribution is 5.76. The Morgan fingerprint density at radius 1 is 1.57 bits per heavy atom. The molecule has 0 spiro atoms. The largest absolute Gasteiger partial charge is 0.374 e. The summed E-state index contributed by atoms with van der Waals surface area (Å²) in [5.41, 5.74) is 3.82. The molecule has 0 aromatic carbocycles. The SMILES string of the molecule is CC(C)(N)C([O])=O. The molecule has 0 rings (SSSR count). The van der Waals surface area contributed by atoms with Crippen molar-refractivity contribution in [1.29, 1.82) is 0 Å². The molecule has 0 bridgehead atoms. The summed E-state index contributed by atoms with van der Waals surface area (Å²) in [7, 11) is 0. The number of rotatable bonds is 1. The summed E-state index contributed by atoms with van der Waals surface area (Å²) in [6.45, 7) is 2.75. The maximum atomic E-state index is 9.78. The van der Waals surface area contributed by atoms with Crippen LogP contribution >= 0.6 is 0 Å². The normalized spacial score (nSPS) is 11.3. The molecule has 0 saturated heterocycles. The predicted molar refractivity (Wildman–Crippen MR) is 24.0 cm³/mol. The Bertz CT molecular complexity index is 82.2. The van der Waals surface area contributed by atoms with Gasteiger partial charge in [0, 0.05) is 0 Å². The van der Waals surface area contributed by atoms with Crippen LogP contribution < -0.4 is 5.73 Å². The van der Waals surface area contributed by atoms with E-state index in [4.69, 9.17) is 5.73 Å². The third-order valence-corrected chi connectivity index (χ3v) is 0.526.